The highest BCUT2D eigenvalue weighted by atomic mass is 16.2. The molecule has 8 nitrogen and oxygen atoms in total. The van der Waals surface area contributed by atoms with Crippen molar-refractivity contribution in [2.24, 2.45) is 10.7 Å². The van der Waals surface area contributed by atoms with Crippen LogP contribution in [0.25, 0.3) is 0 Å². The van der Waals surface area contributed by atoms with E-state index in [0.29, 0.717) is 24.2 Å². The largest absolute Gasteiger partial charge is 0.368 e. The smallest absolute Gasteiger partial charge is 0.251 e. The summed E-state index contributed by atoms with van der Waals surface area (Å²) in [6.45, 7) is 9.90. The van der Waals surface area contributed by atoms with Crippen molar-refractivity contribution >= 4 is 17.8 Å². The number of piperidine rings is 1. The molecule has 160 valence electrons. The number of primary amides is 1. The second-order valence-electron chi connectivity index (χ2n) is 7.59. The molecule has 2 rings (SSSR count). The molecule has 5 N–H and O–H groups in total. The fourth-order valence-corrected chi connectivity index (χ4v) is 3.27. The molecule has 29 heavy (non-hydrogen) atoms. The molecule has 0 bridgehead atoms. The molecule has 8 heteroatoms. The molecule has 1 aliphatic heterocycles. The van der Waals surface area contributed by atoms with Crippen molar-refractivity contribution in [3.8, 4) is 0 Å². The van der Waals surface area contributed by atoms with E-state index >= 15 is 0 Å². The van der Waals surface area contributed by atoms with Crippen molar-refractivity contribution in [1.29, 1.82) is 0 Å². The molecule has 1 aliphatic rings. The fourth-order valence-electron chi connectivity index (χ4n) is 3.27. The van der Waals surface area contributed by atoms with Gasteiger partial charge < -0.3 is 26.6 Å². The zero-order chi connectivity index (χ0) is 21.2. The van der Waals surface area contributed by atoms with E-state index in [1.165, 1.54) is 0 Å². The Morgan fingerprint density at radius 1 is 1.17 bits per heavy atom. The van der Waals surface area contributed by atoms with Crippen molar-refractivity contribution in [2.75, 3.05) is 26.2 Å². The van der Waals surface area contributed by atoms with Gasteiger partial charge >= 0.3 is 0 Å². The lowest BCUT2D eigenvalue weighted by Crippen LogP contribution is -2.49. The van der Waals surface area contributed by atoms with E-state index in [4.69, 9.17) is 5.73 Å². The summed E-state index contributed by atoms with van der Waals surface area (Å²) in [6.07, 6.45) is 2.22. The van der Waals surface area contributed by atoms with Gasteiger partial charge in [-0.25, -0.2) is 4.99 Å². The van der Waals surface area contributed by atoms with Crippen molar-refractivity contribution in [3.05, 3.63) is 35.4 Å². The lowest BCUT2D eigenvalue weighted by Gasteiger charge is -2.35. The first-order valence-corrected chi connectivity index (χ1v) is 10.3. The molecule has 0 radical (unpaired) electrons. The van der Waals surface area contributed by atoms with Crippen LogP contribution in [0.2, 0.25) is 0 Å². The van der Waals surface area contributed by atoms with Crippen LogP contribution in [0.15, 0.2) is 29.3 Å². The van der Waals surface area contributed by atoms with Crippen molar-refractivity contribution in [2.45, 2.75) is 52.2 Å². The topological polar surface area (TPSA) is 112 Å². The number of carbonyl (C=O) groups is 2. The van der Waals surface area contributed by atoms with Gasteiger partial charge in [0.1, 0.15) is 0 Å². The summed E-state index contributed by atoms with van der Waals surface area (Å²) < 4.78 is 0. The van der Waals surface area contributed by atoms with E-state index in [1.54, 1.807) is 12.1 Å². The Kier molecular flexibility index (Phi) is 8.92. The molecule has 1 aromatic carbocycles. The molecular weight excluding hydrogens is 368 g/mol. The number of guanidine groups is 1. The van der Waals surface area contributed by atoms with Gasteiger partial charge in [-0.15, -0.1) is 0 Å². The Hall–Kier alpha value is -2.61. The van der Waals surface area contributed by atoms with Crippen LogP contribution < -0.4 is 21.7 Å². The Morgan fingerprint density at radius 3 is 2.38 bits per heavy atom. The molecule has 2 amide bonds. The quantitative estimate of drug-likeness (QED) is 0.380. The van der Waals surface area contributed by atoms with E-state index < -0.39 is 5.91 Å². The van der Waals surface area contributed by atoms with E-state index in [0.717, 1.165) is 44.0 Å². The van der Waals surface area contributed by atoms with Crippen LogP contribution in [-0.2, 0) is 11.3 Å². The third-order valence-corrected chi connectivity index (χ3v) is 5.00. The molecule has 0 atom stereocenters. The summed E-state index contributed by atoms with van der Waals surface area (Å²) in [5.41, 5.74) is 6.53. The molecule has 0 aromatic heterocycles. The number of likely N-dealkylation sites (tertiary alicyclic amines) is 1. The summed E-state index contributed by atoms with van der Waals surface area (Å²) in [4.78, 5) is 29.9. The van der Waals surface area contributed by atoms with E-state index in [-0.39, 0.29) is 12.5 Å². The number of nitrogens with zero attached hydrogens (tertiary/aromatic N) is 2. The monoisotopic (exact) mass is 402 g/mol. The first kappa shape index (κ1) is 22.7. The van der Waals surface area contributed by atoms with E-state index in [2.05, 4.69) is 46.6 Å². The maximum atomic E-state index is 11.9. The zero-order valence-corrected chi connectivity index (χ0v) is 17.7. The van der Waals surface area contributed by atoms with Crippen molar-refractivity contribution in [3.63, 3.8) is 0 Å². The molecule has 0 spiro atoms. The lowest BCUT2D eigenvalue weighted by molar-refractivity contribution is -0.117. The van der Waals surface area contributed by atoms with Crippen molar-refractivity contribution in [1.82, 2.24) is 20.9 Å². The normalized spacial score (nSPS) is 15.9. The maximum Gasteiger partial charge on any atom is 0.251 e. The summed E-state index contributed by atoms with van der Waals surface area (Å²) in [6, 6.07) is 8.21. The van der Waals surface area contributed by atoms with Gasteiger partial charge in [-0.2, -0.15) is 0 Å². The highest BCUT2D eigenvalue weighted by Crippen LogP contribution is 2.13. The second-order valence-corrected chi connectivity index (χ2v) is 7.59. The standard InChI is InChI=1S/C21H34N6O2/c1-4-23-21(26-18-9-11-27(12-10-18)15(2)3)25-13-16-5-7-17(8-6-16)20(29)24-14-19(22)28/h5-8,15,18H,4,9-14H2,1-3H3,(H2,22,28)(H,24,29)(H2,23,25,26). The maximum absolute atomic E-state index is 11.9. The molecule has 0 saturated carbocycles. The minimum absolute atomic E-state index is 0.168. The Balaban J connectivity index is 1.89. The van der Waals surface area contributed by atoms with Crippen LogP contribution in [0.1, 0.15) is 49.5 Å². The average molecular weight is 403 g/mol. The molecule has 1 heterocycles. The van der Waals surface area contributed by atoms with Gasteiger partial charge in [0, 0.05) is 37.3 Å². The predicted molar refractivity (Wildman–Crippen MR) is 116 cm³/mol. The summed E-state index contributed by atoms with van der Waals surface area (Å²) in [5, 5.41) is 9.33. The van der Waals surface area contributed by atoms with E-state index in [1.807, 2.05) is 12.1 Å². The number of rotatable bonds is 8. The van der Waals surface area contributed by atoms with Gasteiger partial charge in [-0.1, -0.05) is 12.1 Å². The van der Waals surface area contributed by atoms with Crippen LogP contribution in [0, 0.1) is 0 Å². The van der Waals surface area contributed by atoms with Gasteiger partial charge in [0.25, 0.3) is 5.91 Å². The van der Waals surface area contributed by atoms with Crippen LogP contribution in [0.4, 0.5) is 0 Å². The minimum Gasteiger partial charge on any atom is -0.368 e. The van der Waals surface area contributed by atoms with Crippen LogP contribution >= 0.6 is 0 Å². The number of carbonyl (C=O) groups excluding carboxylic acids is 2. The number of hydrogen-bond donors (Lipinski definition) is 4. The summed E-state index contributed by atoms with van der Waals surface area (Å²) >= 11 is 0. The Bertz CT molecular complexity index is 694. The third-order valence-electron chi connectivity index (χ3n) is 5.00. The number of nitrogens with two attached hydrogens (primary N) is 1. The first-order chi connectivity index (χ1) is 13.9. The Labute approximate surface area is 173 Å². The van der Waals surface area contributed by atoms with Crippen LogP contribution in [0.5, 0.6) is 0 Å². The molecule has 0 aliphatic carbocycles. The first-order valence-electron chi connectivity index (χ1n) is 10.3. The molecule has 1 saturated heterocycles. The molecule has 1 fully saturated rings. The predicted octanol–water partition coefficient (Wildman–Crippen LogP) is 0.830. The zero-order valence-electron chi connectivity index (χ0n) is 17.7. The summed E-state index contributed by atoms with van der Waals surface area (Å²) in [7, 11) is 0. The van der Waals surface area contributed by atoms with Gasteiger partial charge in [-0.3, -0.25) is 9.59 Å². The van der Waals surface area contributed by atoms with Crippen molar-refractivity contribution < 1.29 is 9.59 Å². The number of nitrogens with one attached hydrogen (secondary N) is 3. The number of amides is 2. The van der Waals surface area contributed by atoms with Gasteiger partial charge in [-0.05, 0) is 51.3 Å². The minimum atomic E-state index is -0.567. The van der Waals surface area contributed by atoms with Gasteiger partial charge in [0.2, 0.25) is 5.91 Å². The highest BCUT2D eigenvalue weighted by molar-refractivity contribution is 5.96. The second kappa shape index (κ2) is 11.4. The fraction of sp³-hybridized carbons (Fsp3) is 0.571. The molecule has 1 aromatic rings. The summed E-state index contributed by atoms with van der Waals surface area (Å²) in [5.74, 6) is -0.0667. The van der Waals surface area contributed by atoms with Crippen LogP contribution in [0.3, 0.4) is 0 Å². The third kappa shape index (κ3) is 7.73. The Morgan fingerprint density at radius 2 is 1.83 bits per heavy atom. The SMILES string of the molecule is CCNC(=NCc1ccc(C(=O)NCC(N)=O)cc1)NC1CCN(C(C)C)CC1. The lowest BCUT2D eigenvalue weighted by atomic mass is 10.0. The average Bonchev–Trinajstić information content (AvgIpc) is 2.71. The molecular formula is C21H34N6O2. The number of hydrogen-bond acceptors (Lipinski definition) is 4. The molecule has 0 unspecified atom stereocenters. The number of benzene rings is 1. The van der Waals surface area contributed by atoms with Gasteiger partial charge in [0.05, 0.1) is 13.1 Å². The number of aliphatic imine (C=N–C) groups is 1. The van der Waals surface area contributed by atoms with E-state index in [9.17, 15) is 9.59 Å². The highest BCUT2D eigenvalue weighted by Gasteiger charge is 2.21. The van der Waals surface area contributed by atoms with Crippen LogP contribution in [-0.4, -0.2) is 60.9 Å². The van der Waals surface area contributed by atoms with Gasteiger partial charge in [0.15, 0.2) is 5.96 Å².